The second-order valence-electron chi connectivity index (χ2n) is 7.93. The van der Waals surface area contributed by atoms with Gasteiger partial charge >= 0.3 is 6.18 Å². The van der Waals surface area contributed by atoms with Gasteiger partial charge in [-0.1, -0.05) is 66.6 Å². The molecule has 1 atom stereocenters. The van der Waals surface area contributed by atoms with Gasteiger partial charge in [0, 0.05) is 0 Å². The highest BCUT2D eigenvalue weighted by molar-refractivity contribution is 7.92. The molecule has 0 fully saturated rings. The molecule has 5 nitrogen and oxygen atoms in total. The van der Waals surface area contributed by atoms with Gasteiger partial charge in [0.05, 0.1) is 27.2 Å². The fourth-order valence-electron chi connectivity index (χ4n) is 3.49. The van der Waals surface area contributed by atoms with Crippen LogP contribution in [0.1, 0.15) is 36.1 Å². The minimum absolute atomic E-state index is 0.188. The highest BCUT2D eigenvalue weighted by Crippen LogP contribution is 2.37. The molecule has 3 rings (SSSR count). The van der Waals surface area contributed by atoms with Crippen LogP contribution >= 0.6 is 11.6 Å². The minimum atomic E-state index is -4.73. The first kappa shape index (κ1) is 26.6. The standard InChI is InChI=1S/C25H24ClF3N2O3S/c1-3-22(18-11-9-17(2)10-12-18)30-24(32)16-31(35(33,34)20-7-5-4-6-8-20)23-15-19(25(27,28)29)13-14-21(23)26/h4-15,22H,3,16H2,1-2H3,(H,30,32)/t22-/m1/s1. The molecule has 0 aliphatic rings. The maximum Gasteiger partial charge on any atom is 0.416 e. The number of hydrogen-bond donors (Lipinski definition) is 1. The topological polar surface area (TPSA) is 66.5 Å². The third-order valence-corrected chi connectivity index (χ3v) is 7.48. The summed E-state index contributed by atoms with van der Waals surface area (Å²) in [7, 11) is -4.43. The summed E-state index contributed by atoms with van der Waals surface area (Å²) in [5.74, 6) is -0.689. The molecule has 10 heteroatoms. The Morgan fingerprint density at radius 3 is 2.23 bits per heavy atom. The molecule has 0 heterocycles. The number of nitrogens with zero attached hydrogens (tertiary/aromatic N) is 1. The SMILES string of the molecule is CC[C@@H](NC(=O)CN(c1cc(C(F)(F)F)ccc1Cl)S(=O)(=O)c1ccccc1)c1ccc(C)cc1. The molecule has 0 aromatic heterocycles. The van der Waals surface area contributed by atoms with E-state index < -0.39 is 45.9 Å². The van der Waals surface area contributed by atoms with E-state index in [1.807, 2.05) is 38.1 Å². The molecular formula is C25H24ClF3N2O3S. The smallest absolute Gasteiger partial charge is 0.348 e. The second kappa shape index (κ2) is 10.7. The Hall–Kier alpha value is -3.04. The zero-order valence-corrected chi connectivity index (χ0v) is 20.6. The first-order valence-corrected chi connectivity index (χ1v) is 12.6. The molecule has 3 aromatic carbocycles. The van der Waals surface area contributed by atoms with Gasteiger partial charge in [-0.3, -0.25) is 9.10 Å². The van der Waals surface area contributed by atoms with Gasteiger partial charge in [-0.2, -0.15) is 13.2 Å². The van der Waals surface area contributed by atoms with Gasteiger partial charge in [-0.15, -0.1) is 0 Å². The highest BCUT2D eigenvalue weighted by Gasteiger charge is 2.34. The summed E-state index contributed by atoms with van der Waals surface area (Å²) in [6.45, 7) is 3.02. The van der Waals surface area contributed by atoms with E-state index in [9.17, 15) is 26.4 Å². The molecule has 35 heavy (non-hydrogen) atoms. The minimum Gasteiger partial charge on any atom is -0.348 e. The number of alkyl halides is 3. The predicted octanol–water partition coefficient (Wildman–Crippen LogP) is 6.13. The Bertz CT molecular complexity index is 1280. The van der Waals surface area contributed by atoms with E-state index >= 15 is 0 Å². The van der Waals surface area contributed by atoms with E-state index in [4.69, 9.17) is 11.6 Å². The van der Waals surface area contributed by atoms with Crippen molar-refractivity contribution in [1.29, 1.82) is 0 Å². The van der Waals surface area contributed by atoms with Gasteiger partial charge in [0.1, 0.15) is 6.54 Å². The molecule has 0 spiro atoms. The summed E-state index contributed by atoms with van der Waals surface area (Å²) >= 11 is 6.16. The number of amides is 1. The lowest BCUT2D eigenvalue weighted by Crippen LogP contribution is -2.42. The van der Waals surface area contributed by atoms with Gasteiger partial charge in [0.2, 0.25) is 5.91 Å². The number of sulfonamides is 1. The van der Waals surface area contributed by atoms with Crippen LogP contribution in [-0.4, -0.2) is 20.9 Å². The third-order valence-electron chi connectivity index (χ3n) is 5.38. The van der Waals surface area contributed by atoms with Crippen LogP contribution in [0.25, 0.3) is 0 Å². The number of nitrogens with one attached hydrogen (secondary N) is 1. The second-order valence-corrected chi connectivity index (χ2v) is 10.2. The van der Waals surface area contributed by atoms with Crippen molar-refractivity contribution in [1.82, 2.24) is 5.32 Å². The first-order valence-electron chi connectivity index (χ1n) is 10.7. The van der Waals surface area contributed by atoms with Gasteiger partial charge in [-0.05, 0) is 49.2 Å². The van der Waals surface area contributed by atoms with Crippen LogP contribution in [0.5, 0.6) is 0 Å². The van der Waals surface area contributed by atoms with Gasteiger partial charge in [0.25, 0.3) is 10.0 Å². The number of anilines is 1. The fourth-order valence-corrected chi connectivity index (χ4v) is 5.21. The van der Waals surface area contributed by atoms with Crippen LogP contribution in [0.2, 0.25) is 5.02 Å². The van der Waals surface area contributed by atoms with E-state index in [0.29, 0.717) is 16.8 Å². The Morgan fingerprint density at radius 1 is 1.03 bits per heavy atom. The lowest BCUT2D eigenvalue weighted by atomic mass is 10.0. The van der Waals surface area contributed by atoms with Crippen molar-refractivity contribution in [3.05, 3.63) is 94.5 Å². The van der Waals surface area contributed by atoms with Crippen LogP contribution in [0, 0.1) is 6.92 Å². The van der Waals surface area contributed by atoms with Crippen molar-refractivity contribution in [2.75, 3.05) is 10.8 Å². The lowest BCUT2D eigenvalue weighted by Gasteiger charge is -2.27. The van der Waals surface area contributed by atoms with Crippen molar-refractivity contribution >= 4 is 33.2 Å². The van der Waals surface area contributed by atoms with Crippen LogP contribution in [0.3, 0.4) is 0 Å². The Morgan fingerprint density at radius 2 is 1.66 bits per heavy atom. The number of rotatable bonds is 8. The molecule has 3 aromatic rings. The average molecular weight is 525 g/mol. The molecule has 186 valence electrons. The van der Waals surface area contributed by atoms with Gasteiger partial charge in [0.15, 0.2) is 0 Å². The Labute approximate surface area is 207 Å². The highest BCUT2D eigenvalue weighted by atomic mass is 35.5. The fraction of sp³-hybridized carbons (Fsp3) is 0.240. The number of carbonyl (C=O) groups excluding carboxylic acids is 1. The number of benzene rings is 3. The summed E-state index contributed by atoms with van der Waals surface area (Å²) in [6.07, 6.45) is -4.22. The Kier molecular flexibility index (Phi) is 8.12. The average Bonchev–Trinajstić information content (AvgIpc) is 2.82. The third kappa shape index (κ3) is 6.35. The molecular weight excluding hydrogens is 501 g/mol. The summed E-state index contributed by atoms with van der Waals surface area (Å²) in [5.41, 5.74) is 0.329. The van der Waals surface area contributed by atoms with Crippen LogP contribution in [-0.2, 0) is 21.0 Å². The predicted molar refractivity (Wildman–Crippen MR) is 130 cm³/mol. The van der Waals surface area contributed by atoms with Crippen molar-refractivity contribution in [3.8, 4) is 0 Å². The molecule has 0 saturated carbocycles. The van der Waals surface area contributed by atoms with E-state index in [-0.39, 0.29) is 9.92 Å². The molecule has 0 bridgehead atoms. The summed E-state index contributed by atoms with van der Waals surface area (Å²) < 4.78 is 67.7. The Balaban J connectivity index is 2.01. The number of aryl methyl sites for hydroxylation is 1. The number of hydrogen-bond acceptors (Lipinski definition) is 3. The summed E-state index contributed by atoms with van der Waals surface area (Å²) in [6, 6.07) is 16.6. The molecule has 0 saturated heterocycles. The van der Waals surface area contributed by atoms with Gasteiger partial charge in [-0.25, -0.2) is 8.42 Å². The number of halogens is 4. The zero-order valence-electron chi connectivity index (χ0n) is 19.0. The normalized spacial score (nSPS) is 12.7. The molecule has 1 N–H and O–H groups in total. The maximum atomic E-state index is 13.5. The van der Waals surface area contributed by atoms with Crippen molar-refractivity contribution in [2.24, 2.45) is 0 Å². The molecule has 0 unspecified atom stereocenters. The van der Waals surface area contributed by atoms with E-state index in [1.54, 1.807) is 6.07 Å². The van der Waals surface area contributed by atoms with E-state index in [0.717, 1.165) is 23.3 Å². The van der Waals surface area contributed by atoms with Crippen LogP contribution in [0.15, 0.2) is 77.7 Å². The van der Waals surface area contributed by atoms with E-state index in [1.165, 1.54) is 24.3 Å². The van der Waals surface area contributed by atoms with Crippen molar-refractivity contribution < 1.29 is 26.4 Å². The summed E-state index contributed by atoms with van der Waals surface area (Å²) in [4.78, 5) is 12.8. The quantitative estimate of drug-likeness (QED) is 0.385. The molecule has 1 amide bonds. The molecule has 0 aliphatic heterocycles. The maximum absolute atomic E-state index is 13.5. The van der Waals surface area contributed by atoms with Crippen molar-refractivity contribution in [3.63, 3.8) is 0 Å². The zero-order chi connectivity index (χ0) is 25.8. The van der Waals surface area contributed by atoms with E-state index in [2.05, 4.69) is 5.32 Å². The summed E-state index contributed by atoms with van der Waals surface area (Å²) in [5, 5.41) is 2.54. The lowest BCUT2D eigenvalue weighted by molar-refractivity contribution is -0.137. The number of carbonyl (C=O) groups is 1. The molecule has 0 aliphatic carbocycles. The van der Waals surface area contributed by atoms with Crippen molar-refractivity contribution in [2.45, 2.75) is 37.4 Å². The van der Waals surface area contributed by atoms with Gasteiger partial charge < -0.3 is 5.32 Å². The first-order chi connectivity index (χ1) is 16.4. The largest absolute Gasteiger partial charge is 0.416 e. The monoisotopic (exact) mass is 524 g/mol. The van der Waals surface area contributed by atoms with Crippen LogP contribution in [0.4, 0.5) is 18.9 Å². The van der Waals surface area contributed by atoms with Crippen LogP contribution < -0.4 is 9.62 Å². The molecule has 0 radical (unpaired) electrons.